The number of likely N-dealkylation sites (N-methyl/N-ethyl adjacent to an activating group) is 1. The van der Waals surface area contributed by atoms with E-state index in [9.17, 15) is 4.79 Å². The van der Waals surface area contributed by atoms with E-state index in [1.165, 1.54) is 22.5 Å². The van der Waals surface area contributed by atoms with Crippen LogP contribution in [0.4, 0.5) is 0 Å². The van der Waals surface area contributed by atoms with Crippen molar-refractivity contribution >= 4 is 39.7 Å². The largest absolute Gasteiger partial charge is 0.490 e. The van der Waals surface area contributed by atoms with Crippen LogP contribution in [0.2, 0.25) is 0 Å². The zero-order valence-electron chi connectivity index (χ0n) is 19.7. The minimum Gasteiger partial charge on any atom is -0.490 e. The molecule has 1 heterocycles. The third-order valence-electron chi connectivity index (χ3n) is 5.56. The van der Waals surface area contributed by atoms with Crippen LogP contribution in [0.3, 0.4) is 0 Å². The zero-order valence-corrected chi connectivity index (χ0v) is 20.5. The molecule has 5 nitrogen and oxygen atoms in total. The second-order valence-electron chi connectivity index (χ2n) is 7.84. The summed E-state index contributed by atoms with van der Waals surface area (Å²) in [6.07, 6.45) is 4.34. The van der Waals surface area contributed by atoms with Crippen molar-refractivity contribution in [1.82, 2.24) is 4.90 Å². The van der Waals surface area contributed by atoms with Gasteiger partial charge in [-0.2, -0.15) is 0 Å². The quantitative estimate of drug-likeness (QED) is 0.295. The van der Waals surface area contributed by atoms with Crippen molar-refractivity contribution in [1.29, 1.82) is 0 Å². The van der Waals surface area contributed by atoms with Gasteiger partial charge in [0.05, 0.1) is 11.5 Å². The Morgan fingerprint density at radius 2 is 1.88 bits per heavy atom. The lowest BCUT2D eigenvalue weighted by Crippen LogP contribution is -2.23. The van der Waals surface area contributed by atoms with Gasteiger partial charge < -0.3 is 9.47 Å². The molecule has 1 aliphatic heterocycles. The highest BCUT2D eigenvalue weighted by atomic mass is 32.2. The van der Waals surface area contributed by atoms with Gasteiger partial charge in [-0.3, -0.25) is 14.7 Å². The number of hydrogen-bond donors (Lipinski definition) is 0. The Bertz CT molecular complexity index is 1290. The monoisotopic (exact) mass is 472 g/mol. The SMILES string of the molecule is C=CCc1cc(/C=C2/SC(=NC)N(C)C2=O)cc(OCC)c1OCc1cccc2ccccc12. The first-order valence-electron chi connectivity index (χ1n) is 11.2. The molecule has 0 unspecified atom stereocenters. The first kappa shape index (κ1) is 23.6. The maximum Gasteiger partial charge on any atom is 0.266 e. The summed E-state index contributed by atoms with van der Waals surface area (Å²) >= 11 is 1.37. The predicted octanol–water partition coefficient (Wildman–Crippen LogP) is 6.08. The number of fused-ring (bicyclic) bond motifs is 1. The standard InChI is InChI=1S/C28H28N2O3S/c1-5-10-21-15-19(17-25-27(31)30(4)28(29-3)34-25)16-24(32-6-2)26(21)33-18-22-13-9-12-20-11-7-8-14-23(20)22/h5,7-9,11-17H,1,6,10,18H2,2-4H3/b25-17+,29-28?. The van der Waals surface area contributed by atoms with E-state index in [-0.39, 0.29) is 5.91 Å². The number of ether oxygens (including phenoxy) is 2. The van der Waals surface area contributed by atoms with E-state index in [1.54, 1.807) is 19.0 Å². The van der Waals surface area contributed by atoms with Crippen molar-refractivity contribution in [3.63, 3.8) is 0 Å². The van der Waals surface area contributed by atoms with Crippen molar-refractivity contribution in [3.8, 4) is 11.5 Å². The summed E-state index contributed by atoms with van der Waals surface area (Å²) < 4.78 is 12.4. The minimum absolute atomic E-state index is 0.0647. The van der Waals surface area contributed by atoms with E-state index in [0.717, 1.165) is 16.7 Å². The van der Waals surface area contributed by atoms with Crippen molar-refractivity contribution in [3.05, 3.63) is 88.8 Å². The van der Waals surface area contributed by atoms with E-state index in [1.807, 2.05) is 49.4 Å². The minimum atomic E-state index is -0.0647. The molecular weight excluding hydrogens is 444 g/mol. The molecule has 6 heteroatoms. The van der Waals surface area contributed by atoms with E-state index < -0.39 is 0 Å². The van der Waals surface area contributed by atoms with Gasteiger partial charge in [-0.25, -0.2) is 0 Å². The molecule has 0 bridgehead atoms. The molecule has 34 heavy (non-hydrogen) atoms. The number of allylic oxidation sites excluding steroid dienone is 1. The molecule has 0 saturated carbocycles. The zero-order chi connectivity index (χ0) is 24.1. The molecule has 4 rings (SSSR count). The van der Waals surface area contributed by atoms with Crippen molar-refractivity contribution in [2.45, 2.75) is 20.0 Å². The molecule has 0 N–H and O–H groups in total. The van der Waals surface area contributed by atoms with Crippen LogP contribution in [-0.2, 0) is 17.8 Å². The summed E-state index contributed by atoms with van der Waals surface area (Å²) in [5.41, 5.74) is 2.94. The molecule has 1 saturated heterocycles. The molecule has 1 fully saturated rings. The molecule has 0 atom stereocenters. The number of amides is 1. The molecule has 0 radical (unpaired) electrons. The molecule has 174 valence electrons. The first-order valence-corrected chi connectivity index (χ1v) is 12.0. The Labute approximate surface area is 204 Å². The van der Waals surface area contributed by atoms with E-state index in [2.05, 4.69) is 35.8 Å². The second-order valence-corrected chi connectivity index (χ2v) is 8.85. The van der Waals surface area contributed by atoms with Crippen LogP contribution in [0.15, 0.2) is 77.1 Å². The fourth-order valence-corrected chi connectivity index (χ4v) is 4.90. The summed E-state index contributed by atoms with van der Waals surface area (Å²) in [4.78, 5) is 19.0. The Morgan fingerprint density at radius 3 is 2.62 bits per heavy atom. The maximum atomic E-state index is 12.6. The lowest BCUT2D eigenvalue weighted by atomic mass is 10.0. The second kappa shape index (κ2) is 10.6. The van der Waals surface area contributed by atoms with Crippen LogP contribution >= 0.6 is 11.8 Å². The third-order valence-corrected chi connectivity index (χ3v) is 6.71. The van der Waals surface area contributed by atoms with Crippen LogP contribution in [0, 0.1) is 0 Å². The highest BCUT2D eigenvalue weighted by Crippen LogP contribution is 2.37. The average molecular weight is 473 g/mol. The van der Waals surface area contributed by atoms with Gasteiger partial charge in [-0.15, -0.1) is 6.58 Å². The van der Waals surface area contributed by atoms with Crippen LogP contribution in [-0.4, -0.2) is 36.7 Å². The van der Waals surface area contributed by atoms with E-state index >= 15 is 0 Å². The first-order chi connectivity index (χ1) is 16.5. The lowest BCUT2D eigenvalue weighted by Gasteiger charge is -2.17. The summed E-state index contributed by atoms with van der Waals surface area (Å²) in [6.45, 7) is 6.78. The van der Waals surface area contributed by atoms with Gasteiger partial charge >= 0.3 is 0 Å². The Balaban J connectivity index is 1.70. The van der Waals surface area contributed by atoms with E-state index in [4.69, 9.17) is 9.47 Å². The van der Waals surface area contributed by atoms with Crippen LogP contribution < -0.4 is 9.47 Å². The lowest BCUT2D eigenvalue weighted by molar-refractivity contribution is -0.121. The van der Waals surface area contributed by atoms with Crippen LogP contribution in [0.5, 0.6) is 11.5 Å². The number of rotatable bonds is 8. The van der Waals surface area contributed by atoms with Gasteiger partial charge in [0.2, 0.25) is 0 Å². The van der Waals surface area contributed by atoms with Crippen LogP contribution in [0.25, 0.3) is 16.8 Å². The summed E-state index contributed by atoms with van der Waals surface area (Å²) in [5, 5.41) is 3.03. The normalized spacial score (nSPS) is 16.0. The van der Waals surface area contributed by atoms with Gasteiger partial charge in [0.25, 0.3) is 5.91 Å². The molecule has 3 aromatic rings. The smallest absolute Gasteiger partial charge is 0.266 e. The highest BCUT2D eigenvalue weighted by Gasteiger charge is 2.29. The van der Waals surface area contributed by atoms with Crippen molar-refractivity contribution < 1.29 is 14.3 Å². The predicted molar refractivity (Wildman–Crippen MR) is 141 cm³/mol. The summed E-state index contributed by atoms with van der Waals surface area (Å²) in [6, 6.07) is 18.5. The average Bonchev–Trinajstić information content (AvgIpc) is 3.12. The van der Waals surface area contributed by atoms with E-state index in [0.29, 0.717) is 41.2 Å². The third kappa shape index (κ3) is 4.87. The number of thioether (sulfide) groups is 1. The number of hydrogen-bond acceptors (Lipinski definition) is 5. The number of aliphatic imine (C=N–C) groups is 1. The number of carbonyl (C=O) groups is 1. The Morgan fingerprint density at radius 1 is 1.09 bits per heavy atom. The summed E-state index contributed by atoms with van der Waals surface area (Å²) in [7, 11) is 3.42. The topological polar surface area (TPSA) is 51.1 Å². The molecule has 0 spiro atoms. The van der Waals surface area contributed by atoms with Crippen molar-refractivity contribution in [2.75, 3.05) is 20.7 Å². The van der Waals surface area contributed by atoms with Gasteiger partial charge in [0.15, 0.2) is 16.7 Å². The molecule has 1 aliphatic rings. The summed E-state index contributed by atoms with van der Waals surface area (Å²) in [5.74, 6) is 1.29. The number of carbonyl (C=O) groups excluding carboxylic acids is 1. The Kier molecular flexibility index (Phi) is 7.38. The molecule has 0 aliphatic carbocycles. The fourth-order valence-electron chi connectivity index (χ4n) is 3.97. The van der Waals surface area contributed by atoms with Gasteiger partial charge in [0, 0.05) is 19.7 Å². The van der Waals surface area contributed by atoms with Gasteiger partial charge in [-0.05, 0) is 65.2 Å². The fraction of sp³-hybridized carbons (Fsp3) is 0.214. The molecular formula is C28H28N2O3S. The number of amidine groups is 1. The molecule has 3 aromatic carbocycles. The molecule has 0 aromatic heterocycles. The Hall–Kier alpha value is -3.51. The number of benzene rings is 3. The van der Waals surface area contributed by atoms with Crippen LogP contribution in [0.1, 0.15) is 23.6 Å². The molecule has 1 amide bonds. The van der Waals surface area contributed by atoms with Gasteiger partial charge in [0.1, 0.15) is 6.61 Å². The number of nitrogens with zero attached hydrogens (tertiary/aromatic N) is 2. The van der Waals surface area contributed by atoms with Crippen molar-refractivity contribution in [2.24, 2.45) is 4.99 Å². The highest BCUT2D eigenvalue weighted by molar-refractivity contribution is 8.18. The maximum absolute atomic E-state index is 12.6. The van der Waals surface area contributed by atoms with Gasteiger partial charge in [-0.1, -0.05) is 48.5 Å².